The van der Waals surface area contributed by atoms with Crippen LogP contribution < -0.4 is 10.1 Å². The molecule has 0 aliphatic heterocycles. The third-order valence-corrected chi connectivity index (χ3v) is 3.80. The lowest BCUT2D eigenvalue weighted by Crippen LogP contribution is -2.19. The van der Waals surface area contributed by atoms with Gasteiger partial charge in [-0.25, -0.2) is 0 Å². The van der Waals surface area contributed by atoms with Crippen LogP contribution in [0.5, 0.6) is 5.75 Å². The molecule has 20 heavy (non-hydrogen) atoms. The van der Waals surface area contributed by atoms with E-state index in [0.717, 1.165) is 25.5 Å². The first-order valence-corrected chi connectivity index (χ1v) is 7.82. The minimum atomic E-state index is 0.277. The number of ether oxygens (including phenoxy) is 2. The van der Waals surface area contributed by atoms with Crippen molar-refractivity contribution in [1.29, 1.82) is 0 Å². The first-order valence-electron chi connectivity index (χ1n) is 7.44. The van der Waals surface area contributed by atoms with E-state index in [4.69, 9.17) is 21.1 Å². The van der Waals surface area contributed by atoms with E-state index in [2.05, 4.69) is 25.2 Å². The third-order valence-electron chi connectivity index (χ3n) is 3.50. The molecule has 1 unspecified atom stereocenters. The Morgan fingerprint density at radius 2 is 2.20 bits per heavy atom. The molecule has 112 valence electrons. The molecule has 0 amide bonds. The molecule has 1 aliphatic carbocycles. The average Bonchev–Trinajstić information content (AvgIpc) is 3.26. The lowest BCUT2D eigenvalue weighted by Gasteiger charge is -2.15. The van der Waals surface area contributed by atoms with Gasteiger partial charge in [0.1, 0.15) is 5.75 Å². The van der Waals surface area contributed by atoms with Crippen molar-refractivity contribution in [2.75, 3.05) is 19.9 Å². The lowest BCUT2D eigenvalue weighted by molar-refractivity contribution is 0.0100. The largest absolute Gasteiger partial charge is 0.466 e. The topological polar surface area (TPSA) is 30.5 Å². The molecule has 1 aromatic carbocycles. The Labute approximate surface area is 126 Å². The first kappa shape index (κ1) is 15.6. The van der Waals surface area contributed by atoms with Crippen molar-refractivity contribution in [1.82, 2.24) is 5.32 Å². The van der Waals surface area contributed by atoms with Gasteiger partial charge < -0.3 is 14.8 Å². The molecule has 4 heteroatoms. The van der Waals surface area contributed by atoms with E-state index >= 15 is 0 Å². The molecule has 1 N–H and O–H groups in total. The van der Waals surface area contributed by atoms with Gasteiger partial charge in [-0.15, -0.1) is 0 Å². The summed E-state index contributed by atoms with van der Waals surface area (Å²) >= 11 is 6.25. The Morgan fingerprint density at radius 3 is 2.85 bits per heavy atom. The Balaban J connectivity index is 1.81. The van der Waals surface area contributed by atoms with Gasteiger partial charge in [-0.3, -0.25) is 0 Å². The second kappa shape index (κ2) is 7.87. The maximum atomic E-state index is 6.25. The fourth-order valence-electron chi connectivity index (χ4n) is 1.99. The van der Waals surface area contributed by atoms with Crippen LogP contribution in [-0.2, 0) is 4.74 Å². The summed E-state index contributed by atoms with van der Waals surface area (Å²) in [6.45, 7) is 6.38. The van der Waals surface area contributed by atoms with Crippen molar-refractivity contribution in [3.8, 4) is 5.75 Å². The molecule has 0 radical (unpaired) electrons. The number of hydrogen-bond donors (Lipinski definition) is 1. The fraction of sp³-hybridized carbons (Fsp3) is 0.625. The van der Waals surface area contributed by atoms with Crippen LogP contribution in [0.1, 0.15) is 44.7 Å². The van der Waals surface area contributed by atoms with E-state index < -0.39 is 0 Å². The summed E-state index contributed by atoms with van der Waals surface area (Å²) in [6, 6.07) is 6.23. The van der Waals surface area contributed by atoms with Crippen molar-refractivity contribution >= 4 is 11.6 Å². The normalized spacial score (nSPS) is 16.1. The Morgan fingerprint density at radius 1 is 1.40 bits per heavy atom. The maximum Gasteiger partial charge on any atom is 0.189 e. The van der Waals surface area contributed by atoms with Crippen LogP contribution in [0.2, 0.25) is 5.02 Å². The fourth-order valence-corrected chi connectivity index (χ4v) is 2.23. The minimum absolute atomic E-state index is 0.277. The van der Waals surface area contributed by atoms with Crippen molar-refractivity contribution < 1.29 is 9.47 Å². The maximum absolute atomic E-state index is 6.25. The molecule has 0 bridgehead atoms. The Bertz CT molecular complexity index is 421. The molecule has 0 aromatic heterocycles. The molecule has 1 saturated carbocycles. The SMILES string of the molecule is CCCNC(C)c1ccc(OCOCC2CC2)c(Cl)c1. The lowest BCUT2D eigenvalue weighted by atomic mass is 10.1. The van der Waals surface area contributed by atoms with Crippen molar-refractivity contribution in [3.63, 3.8) is 0 Å². The molecule has 0 heterocycles. The molecular weight excluding hydrogens is 274 g/mol. The zero-order valence-electron chi connectivity index (χ0n) is 12.3. The number of nitrogens with one attached hydrogen (secondary N) is 1. The van der Waals surface area contributed by atoms with Gasteiger partial charge >= 0.3 is 0 Å². The van der Waals surface area contributed by atoms with Crippen LogP contribution in [0.15, 0.2) is 18.2 Å². The van der Waals surface area contributed by atoms with Crippen LogP contribution >= 0.6 is 11.6 Å². The third kappa shape index (κ3) is 4.97. The molecule has 3 nitrogen and oxygen atoms in total. The summed E-state index contributed by atoms with van der Waals surface area (Å²) in [5.74, 6) is 1.44. The molecule has 1 atom stereocenters. The summed E-state index contributed by atoms with van der Waals surface area (Å²) in [7, 11) is 0. The van der Waals surface area contributed by atoms with Crippen molar-refractivity contribution in [2.45, 2.75) is 39.2 Å². The van der Waals surface area contributed by atoms with Gasteiger partial charge in [-0.2, -0.15) is 0 Å². The number of benzene rings is 1. The molecular formula is C16H24ClNO2. The summed E-state index contributed by atoms with van der Waals surface area (Å²) in [4.78, 5) is 0. The van der Waals surface area contributed by atoms with Crippen LogP contribution in [-0.4, -0.2) is 19.9 Å². The van der Waals surface area contributed by atoms with E-state index in [9.17, 15) is 0 Å². The number of hydrogen-bond acceptors (Lipinski definition) is 3. The second-order valence-corrected chi connectivity index (χ2v) is 5.85. The highest BCUT2D eigenvalue weighted by Crippen LogP contribution is 2.30. The van der Waals surface area contributed by atoms with Gasteiger partial charge in [0.15, 0.2) is 6.79 Å². The highest BCUT2D eigenvalue weighted by Gasteiger charge is 2.21. The predicted molar refractivity (Wildman–Crippen MR) is 82.3 cm³/mol. The Kier molecular flexibility index (Phi) is 6.14. The zero-order chi connectivity index (χ0) is 14.4. The van der Waals surface area contributed by atoms with Gasteiger partial charge in [0.05, 0.1) is 11.6 Å². The van der Waals surface area contributed by atoms with Crippen LogP contribution in [0.25, 0.3) is 0 Å². The number of rotatable bonds is 9. The quantitative estimate of drug-likeness (QED) is 0.548. The molecule has 1 fully saturated rings. The average molecular weight is 298 g/mol. The van der Waals surface area contributed by atoms with Crippen molar-refractivity contribution in [2.24, 2.45) is 5.92 Å². The van der Waals surface area contributed by atoms with Crippen LogP contribution in [0.4, 0.5) is 0 Å². The highest BCUT2D eigenvalue weighted by molar-refractivity contribution is 6.32. The minimum Gasteiger partial charge on any atom is -0.466 e. The standard InChI is InChI=1S/C16H24ClNO2/c1-3-8-18-12(2)14-6-7-16(15(17)9-14)20-11-19-10-13-4-5-13/h6-7,9,12-13,18H,3-5,8,10-11H2,1-2H3. The molecule has 1 aromatic rings. The van der Waals surface area contributed by atoms with Gasteiger partial charge in [0.2, 0.25) is 0 Å². The summed E-state index contributed by atoms with van der Waals surface area (Å²) in [5.41, 5.74) is 1.18. The Hall–Kier alpha value is -0.770. The molecule has 2 rings (SSSR count). The highest BCUT2D eigenvalue weighted by atomic mass is 35.5. The van der Waals surface area contributed by atoms with E-state index in [1.807, 2.05) is 12.1 Å². The number of halogens is 1. The van der Waals surface area contributed by atoms with Crippen LogP contribution in [0, 0.1) is 5.92 Å². The smallest absolute Gasteiger partial charge is 0.189 e. The second-order valence-electron chi connectivity index (χ2n) is 5.44. The summed E-state index contributed by atoms with van der Waals surface area (Å²) in [6.07, 6.45) is 3.70. The van der Waals surface area contributed by atoms with E-state index in [1.165, 1.54) is 18.4 Å². The van der Waals surface area contributed by atoms with Gasteiger partial charge in [0.25, 0.3) is 0 Å². The van der Waals surface area contributed by atoms with Crippen molar-refractivity contribution in [3.05, 3.63) is 28.8 Å². The van der Waals surface area contributed by atoms with E-state index in [0.29, 0.717) is 16.8 Å². The predicted octanol–water partition coefficient (Wildman–Crippen LogP) is 4.16. The first-order chi connectivity index (χ1) is 9.70. The van der Waals surface area contributed by atoms with Gasteiger partial charge in [-0.1, -0.05) is 24.6 Å². The monoisotopic (exact) mass is 297 g/mol. The summed E-state index contributed by atoms with van der Waals surface area (Å²) in [5, 5.41) is 4.08. The van der Waals surface area contributed by atoms with Gasteiger partial charge in [0, 0.05) is 6.04 Å². The molecule has 1 aliphatic rings. The van der Waals surface area contributed by atoms with E-state index in [-0.39, 0.29) is 6.79 Å². The summed E-state index contributed by atoms with van der Waals surface area (Å²) < 4.78 is 11.0. The van der Waals surface area contributed by atoms with Crippen LogP contribution in [0.3, 0.4) is 0 Å². The van der Waals surface area contributed by atoms with E-state index in [1.54, 1.807) is 0 Å². The van der Waals surface area contributed by atoms with Gasteiger partial charge in [-0.05, 0) is 56.3 Å². The molecule has 0 saturated heterocycles. The zero-order valence-corrected chi connectivity index (χ0v) is 13.1. The molecule has 0 spiro atoms.